The zero-order valence-corrected chi connectivity index (χ0v) is 21.2. The summed E-state index contributed by atoms with van der Waals surface area (Å²) >= 11 is 0. The quantitative estimate of drug-likeness (QED) is 0.238. The summed E-state index contributed by atoms with van der Waals surface area (Å²) in [6.07, 6.45) is 0. The van der Waals surface area contributed by atoms with Gasteiger partial charge in [-0.2, -0.15) is 0 Å². The summed E-state index contributed by atoms with van der Waals surface area (Å²) in [5, 5.41) is 6.26. The molecule has 2 aromatic rings. The van der Waals surface area contributed by atoms with Crippen LogP contribution in [0.4, 0.5) is 5.69 Å². The fourth-order valence-corrected chi connectivity index (χ4v) is 3.50. The Labute approximate surface area is 207 Å². The summed E-state index contributed by atoms with van der Waals surface area (Å²) in [6, 6.07) is 15.2. The normalized spacial score (nSPS) is 13.8. The minimum atomic E-state index is -0.104. The van der Waals surface area contributed by atoms with E-state index in [0.717, 1.165) is 43.6 Å². The highest BCUT2D eigenvalue weighted by Crippen LogP contribution is 2.20. The zero-order valence-electron chi connectivity index (χ0n) is 18.8. The molecule has 0 spiro atoms. The SMILES string of the molecule is CN=C(NCCNC(=O)c1ccc(OC)cc1)N1CCN(c2ccc(OC)cc2)CC1.I. The smallest absolute Gasteiger partial charge is 0.251 e. The number of nitrogens with one attached hydrogen (secondary N) is 2. The summed E-state index contributed by atoms with van der Waals surface area (Å²) in [5.74, 6) is 2.35. The second-order valence-corrected chi connectivity index (χ2v) is 7.13. The number of rotatable bonds is 7. The van der Waals surface area contributed by atoms with Gasteiger partial charge in [0, 0.05) is 57.6 Å². The number of ether oxygens (including phenoxy) is 2. The van der Waals surface area contributed by atoms with Crippen LogP contribution in [-0.4, -0.2) is 77.3 Å². The first-order valence-corrected chi connectivity index (χ1v) is 10.4. The third kappa shape index (κ3) is 6.91. The summed E-state index contributed by atoms with van der Waals surface area (Å²) in [6.45, 7) is 4.71. The van der Waals surface area contributed by atoms with Crippen molar-refractivity contribution in [2.24, 2.45) is 4.99 Å². The third-order valence-corrected chi connectivity index (χ3v) is 5.27. The van der Waals surface area contributed by atoms with Gasteiger partial charge in [0.15, 0.2) is 5.96 Å². The molecule has 174 valence electrons. The van der Waals surface area contributed by atoms with Crippen LogP contribution >= 0.6 is 24.0 Å². The van der Waals surface area contributed by atoms with Crippen molar-refractivity contribution in [1.82, 2.24) is 15.5 Å². The number of hydrogen-bond acceptors (Lipinski definition) is 5. The molecule has 0 unspecified atom stereocenters. The van der Waals surface area contributed by atoms with E-state index in [-0.39, 0.29) is 29.9 Å². The Morgan fingerprint density at radius 1 is 0.875 bits per heavy atom. The number of nitrogens with zero attached hydrogens (tertiary/aromatic N) is 3. The van der Waals surface area contributed by atoms with Crippen LogP contribution in [0.25, 0.3) is 0 Å². The molecule has 1 heterocycles. The molecule has 32 heavy (non-hydrogen) atoms. The van der Waals surface area contributed by atoms with Gasteiger partial charge in [0.1, 0.15) is 11.5 Å². The number of carbonyl (C=O) groups excluding carboxylic acids is 1. The van der Waals surface area contributed by atoms with E-state index < -0.39 is 0 Å². The van der Waals surface area contributed by atoms with E-state index in [1.165, 1.54) is 5.69 Å². The molecule has 0 aliphatic carbocycles. The van der Waals surface area contributed by atoms with E-state index >= 15 is 0 Å². The van der Waals surface area contributed by atoms with Gasteiger partial charge in [-0.25, -0.2) is 0 Å². The van der Waals surface area contributed by atoms with E-state index in [1.807, 2.05) is 12.1 Å². The van der Waals surface area contributed by atoms with Gasteiger partial charge in [-0.05, 0) is 48.5 Å². The summed E-state index contributed by atoms with van der Waals surface area (Å²) in [7, 11) is 5.07. The third-order valence-electron chi connectivity index (χ3n) is 5.27. The van der Waals surface area contributed by atoms with E-state index in [9.17, 15) is 4.79 Å². The molecule has 2 aromatic carbocycles. The maximum Gasteiger partial charge on any atom is 0.251 e. The number of benzene rings is 2. The lowest BCUT2D eigenvalue weighted by Crippen LogP contribution is -2.53. The Balaban J connectivity index is 0.00000363. The second kappa shape index (κ2) is 13.0. The number of methoxy groups -OCH3 is 2. The molecule has 2 N–H and O–H groups in total. The fraction of sp³-hybridized carbons (Fsp3) is 0.391. The van der Waals surface area contributed by atoms with Crippen molar-refractivity contribution in [2.45, 2.75) is 0 Å². The lowest BCUT2D eigenvalue weighted by atomic mass is 10.2. The minimum Gasteiger partial charge on any atom is -0.497 e. The Bertz CT molecular complexity index is 866. The number of hydrogen-bond donors (Lipinski definition) is 2. The number of halogens is 1. The lowest BCUT2D eigenvalue weighted by Gasteiger charge is -2.37. The fourth-order valence-electron chi connectivity index (χ4n) is 3.50. The molecule has 1 fully saturated rings. The average molecular weight is 553 g/mol. The largest absolute Gasteiger partial charge is 0.497 e. The first kappa shape index (κ1) is 25.6. The Kier molecular flexibility index (Phi) is 10.4. The first-order valence-electron chi connectivity index (χ1n) is 10.4. The highest BCUT2D eigenvalue weighted by Gasteiger charge is 2.19. The molecule has 9 heteroatoms. The van der Waals surface area contributed by atoms with Gasteiger partial charge in [-0.15, -0.1) is 24.0 Å². The highest BCUT2D eigenvalue weighted by atomic mass is 127. The molecule has 1 aliphatic heterocycles. The molecule has 0 radical (unpaired) electrons. The zero-order chi connectivity index (χ0) is 22.1. The number of piperazine rings is 1. The first-order chi connectivity index (χ1) is 15.1. The van der Waals surface area contributed by atoms with Gasteiger partial charge in [-0.1, -0.05) is 0 Å². The maximum atomic E-state index is 12.2. The standard InChI is InChI=1S/C23H31N5O3.HI/c1-24-23(26-13-12-25-22(29)18-4-8-20(30-2)9-5-18)28-16-14-27(15-17-28)19-6-10-21(31-3)11-7-19;/h4-11H,12-17H2,1-3H3,(H,24,26)(H,25,29);1H. The molecule has 0 aromatic heterocycles. The van der Waals surface area contributed by atoms with Gasteiger partial charge in [0.25, 0.3) is 5.91 Å². The van der Waals surface area contributed by atoms with Crippen molar-refractivity contribution in [3.8, 4) is 11.5 Å². The van der Waals surface area contributed by atoms with E-state index in [2.05, 4.69) is 37.6 Å². The van der Waals surface area contributed by atoms with E-state index in [0.29, 0.717) is 18.7 Å². The van der Waals surface area contributed by atoms with E-state index in [4.69, 9.17) is 9.47 Å². The van der Waals surface area contributed by atoms with Gasteiger partial charge >= 0.3 is 0 Å². The van der Waals surface area contributed by atoms with Gasteiger partial charge in [-0.3, -0.25) is 9.79 Å². The predicted octanol–water partition coefficient (Wildman–Crippen LogP) is 2.45. The van der Waals surface area contributed by atoms with Gasteiger partial charge in [0.05, 0.1) is 14.2 Å². The van der Waals surface area contributed by atoms with Crippen molar-refractivity contribution in [3.05, 3.63) is 54.1 Å². The van der Waals surface area contributed by atoms with Gasteiger partial charge < -0.3 is 29.9 Å². The summed E-state index contributed by atoms with van der Waals surface area (Å²) < 4.78 is 10.4. The van der Waals surface area contributed by atoms with Crippen LogP contribution in [0.3, 0.4) is 0 Å². The number of guanidine groups is 1. The van der Waals surface area contributed by atoms with Crippen LogP contribution in [-0.2, 0) is 0 Å². The Hall–Kier alpha value is -2.69. The van der Waals surface area contributed by atoms with Crippen molar-refractivity contribution >= 4 is 41.5 Å². The molecule has 8 nitrogen and oxygen atoms in total. The Morgan fingerprint density at radius 3 is 1.94 bits per heavy atom. The molecule has 0 atom stereocenters. The second-order valence-electron chi connectivity index (χ2n) is 7.13. The average Bonchev–Trinajstić information content (AvgIpc) is 2.84. The van der Waals surface area contributed by atoms with Crippen molar-refractivity contribution in [2.75, 3.05) is 65.4 Å². The van der Waals surface area contributed by atoms with Crippen molar-refractivity contribution in [3.63, 3.8) is 0 Å². The summed E-state index contributed by atoms with van der Waals surface area (Å²) in [5.41, 5.74) is 1.81. The Morgan fingerprint density at radius 2 is 1.41 bits per heavy atom. The van der Waals surface area contributed by atoms with E-state index in [1.54, 1.807) is 45.5 Å². The van der Waals surface area contributed by atoms with Crippen molar-refractivity contribution in [1.29, 1.82) is 0 Å². The minimum absolute atomic E-state index is 0. The maximum absolute atomic E-state index is 12.2. The van der Waals surface area contributed by atoms with Crippen LogP contribution in [0.5, 0.6) is 11.5 Å². The van der Waals surface area contributed by atoms with Crippen molar-refractivity contribution < 1.29 is 14.3 Å². The molecule has 3 rings (SSSR count). The molecular formula is C23H32IN5O3. The molecule has 0 bridgehead atoms. The molecular weight excluding hydrogens is 521 g/mol. The molecule has 1 saturated heterocycles. The van der Waals surface area contributed by atoms with Crippen LogP contribution in [0.15, 0.2) is 53.5 Å². The molecule has 1 aliphatic rings. The van der Waals surface area contributed by atoms with Crippen LogP contribution < -0.4 is 25.0 Å². The monoisotopic (exact) mass is 553 g/mol. The lowest BCUT2D eigenvalue weighted by molar-refractivity contribution is 0.0954. The topological polar surface area (TPSA) is 78.4 Å². The number of anilines is 1. The predicted molar refractivity (Wildman–Crippen MR) is 139 cm³/mol. The van der Waals surface area contributed by atoms with Crippen LogP contribution in [0, 0.1) is 0 Å². The van der Waals surface area contributed by atoms with Crippen LogP contribution in [0.1, 0.15) is 10.4 Å². The van der Waals surface area contributed by atoms with Crippen LogP contribution in [0.2, 0.25) is 0 Å². The molecule has 0 saturated carbocycles. The summed E-state index contributed by atoms with van der Waals surface area (Å²) in [4.78, 5) is 21.2. The highest BCUT2D eigenvalue weighted by molar-refractivity contribution is 14.0. The number of aliphatic imine (C=N–C) groups is 1. The number of carbonyl (C=O) groups is 1. The number of amides is 1. The van der Waals surface area contributed by atoms with Gasteiger partial charge in [0.2, 0.25) is 0 Å². The molecule has 1 amide bonds.